The van der Waals surface area contributed by atoms with Gasteiger partial charge in [0, 0.05) is 17.7 Å². The number of nitrogens with zero attached hydrogens (tertiary/aromatic N) is 1. The van der Waals surface area contributed by atoms with Gasteiger partial charge >= 0.3 is 5.97 Å². The Hall–Kier alpha value is -3.75. The van der Waals surface area contributed by atoms with E-state index in [4.69, 9.17) is 9.47 Å². The zero-order chi connectivity index (χ0) is 19.1. The number of methoxy groups -OCH3 is 1. The summed E-state index contributed by atoms with van der Waals surface area (Å²) in [5, 5.41) is 12.9. The lowest BCUT2D eigenvalue weighted by molar-refractivity contribution is -0.384. The third-order valence-electron chi connectivity index (χ3n) is 3.24. The largest absolute Gasteiger partial charge is 0.496 e. The molecule has 0 aliphatic heterocycles. The van der Waals surface area contributed by atoms with Crippen molar-refractivity contribution in [2.75, 3.05) is 13.7 Å². The summed E-state index contributed by atoms with van der Waals surface area (Å²) >= 11 is 0. The summed E-state index contributed by atoms with van der Waals surface area (Å²) in [6.45, 7) is -0.733. The van der Waals surface area contributed by atoms with Crippen molar-refractivity contribution >= 4 is 23.5 Å². The lowest BCUT2D eigenvalue weighted by Gasteiger charge is -2.09. The zero-order valence-electron chi connectivity index (χ0n) is 13.6. The Morgan fingerprint density at radius 1 is 1.12 bits per heavy atom. The van der Waals surface area contributed by atoms with Crippen LogP contribution in [0.15, 0.2) is 48.5 Å². The molecule has 0 spiro atoms. The molecular weight excluding hydrogens is 344 g/mol. The standard InChI is InChI=1S/C17H14N2O7/c1-25-14-8-7-12(19(23)24)9-13(14)17(22)26-10-15(20)18-16(21)11-5-3-2-4-6-11/h2-9H,10H2,1H3,(H,18,20,21). The summed E-state index contributed by atoms with van der Waals surface area (Å²) in [6, 6.07) is 11.4. The fraction of sp³-hybridized carbons (Fsp3) is 0.118. The molecule has 0 heterocycles. The van der Waals surface area contributed by atoms with Gasteiger partial charge in [-0.15, -0.1) is 0 Å². The molecule has 1 N–H and O–H groups in total. The van der Waals surface area contributed by atoms with Crippen molar-refractivity contribution in [3.63, 3.8) is 0 Å². The van der Waals surface area contributed by atoms with Gasteiger partial charge in [0.05, 0.1) is 12.0 Å². The molecule has 0 atom stereocenters. The van der Waals surface area contributed by atoms with Crippen molar-refractivity contribution in [1.29, 1.82) is 0 Å². The molecule has 0 unspecified atom stereocenters. The van der Waals surface area contributed by atoms with Crippen molar-refractivity contribution in [1.82, 2.24) is 5.32 Å². The predicted molar refractivity (Wildman–Crippen MR) is 88.8 cm³/mol. The van der Waals surface area contributed by atoms with Crippen LogP contribution in [0.3, 0.4) is 0 Å². The van der Waals surface area contributed by atoms with Gasteiger partial charge in [0.2, 0.25) is 0 Å². The molecule has 0 bridgehead atoms. The Morgan fingerprint density at radius 2 is 1.81 bits per heavy atom. The minimum atomic E-state index is -0.993. The summed E-state index contributed by atoms with van der Waals surface area (Å²) in [5.41, 5.74) is -0.266. The maximum absolute atomic E-state index is 12.1. The second-order valence-electron chi connectivity index (χ2n) is 4.96. The van der Waals surface area contributed by atoms with Crippen molar-refractivity contribution in [3.05, 3.63) is 69.8 Å². The van der Waals surface area contributed by atoms with Crippen LogP contribution in [0.5, 0.6) is 5.75 Å². The average molecular weight is 358 g/mol. The molecule has 0 aliphatic carbocycles. The van der Waals surface area contributed by atoms with E-state index in [-0.39, 0.29) is 22.6 Å². The number of nitro benzene ring substituents is 1. The molecule has 2 aromatic rings. The average Bonchev–Trinajstić information content (AvgIpc) is 2.66. The van der Waals surface area contributed by atoms with Crippen LogP contribution in [-0.2, 0) is 9.53 Å². The lowest BCUT2D eigenvalue weighted by Crippen LogP contribution is -2.34. The maximum Gasteiger partial charge on any atom is 0.342 e. The van der Waals surface area contributed by atoms with E-state index in [9.17, 15) is 24.5 Å². The molecule has 2 aromatic carbocycles. The van der Waals surface area contributed by atoms with E-state index in [0.717, 1.165) is 6.07 Å². The number of amides is 2. The van der Waals surface area contributed by atoms with Gasteiger partial charge in [0.15, 0.2) is 6.61 Å². The topological polar surface area (TPSA) is 125 Å². The highest BCUT2D eigenvalue weighted by Gasteiger charge is 2.20. The maximum atomic E-state index is 12.1. The number of nitrogens with one attached hydrogen (secondary N) is 1. The summed E-state index contributed by atoms with van der Waals surface area (Å²) in [4.78, 5) is 45.8. The van der Waals surface area contributed by atoms with Gasteiger partial charge in [0.25, 0.3) is 17.5 Å². The summed E-state index contributed by atoms with van der Waals surface area (Å²) in [7, 11) is 1.28. The first-order chi connectivity index (χ1) is 12.4. The predicted octanol–water partition coefficient (Wildman–Crippen LogP) is 1.72. The first-order valence-electron chi connectivity index (χ1n) is 7.31. The summed E-state index contributed by atoms with van der Waals surface area (Å²) in [5.74, 6) is -2.41. The molecule has 0 radical (unpaired) electrons. The van der Waals surface area contributed by atoms with Gasteiger partial charge in [-0.25, -0.2) is 4.79 Å². The van der Waals surface area contributed by atoms with Crippen LogP contribution in [0.25, 0.3) is 0 Å². The Labute approximate surface area is 147 Å². The Morgan fingerprint density at radius 3 is 2.42 bits per heavy atom. The van der Waals surface area contributed by atoms with E-state index in [0.29, 0.717) is 0 Å². The Balaban J connectivity index is 2.00. The molecule has 134 valence electrons. The van der Waals surface area contributed by atoms with Gasteiger partial charge in [-0.05, 0) is 18.2 Å². The summed E-state index contributed by atoms with van der Waals surface area (Å²) in [6.07, 6.45) is 0. The number of non-ortho nitro benzene ring substituents is 1. The number of nitro groups is 1. The van der Waals surface area contributed by atoms with E-state index in [1.54, 1.807) is 18.2 Å². The number of carbonyl (C=O) groups is 3. The highest BCUT2D eigenvalue weighted by Crippen LogP contribution is 2.24. The molecule has 2 amide bonds. The number of ether oxygens (including phenoxy) is 2. The number of imide groups is 1. The van der Waals surface area contributed by atoms with Gasteiger partial charge in [-0.1, -0.05) is 18.2 Å². The second-order valence-corrected chi connectivity index (χ2v) is 4.96. The Kier molecular flexibility index (Phi) is 5.99. The van der Waals surface area contributed by atoms with Crippen LogP contribution in [-0.4, -0.2) is 36.4 Å². The highest BCUT2D eigenvalue weighted by atomic mass is 16.6. The molecular formula is C17H14N2O7. The van der Waals surface area contributed by atoms with Crippen molar-refractivity contribution in [2.45, 2.75) is 0 Å². The first kappa shape index (κ1) is 18.6. The van der Waals surface area contributed by atoms with Gasteiger partial charge in [-0.3, -0.25) is 25.0 Å². The Bertz CT molecular complexity index is 849. The minimum Gasteiger partial charge on any atom is -0.496 e. The molecule has 2 rings (SSSR count). The summed E-state index contributed by atoms with van der Waals surface area (Å²) < 4.78 is 9.75. The van der Waals surface area contributed by atoms with Crippen LogP contribution in [0, 0.1) is 10.1 Å². The molecule has 0 saturated heterocycles. The van der Waals surface area contributed by atoms with Crippen LogP contribution < -0.4 is 10.1 Å². The van der Waals surface area contributed by atoms with E-state index in [1.165, 1.54) is 31.4 Å². The van der Waals surface area contributed by atoms with Gasteiger partial charge in [-0.2, -0.15) is 0 Å². The molecule has 0 saturated carbocycles. The fourth-order valence-electron chi connectivity index (χ4n) is 2.00. The SMILES string of the molecule is COc1ccc([N+](=O)[O-])cc1C(=O)OCC(=O)NC(=O)c1ccccc1. The van der Waals surface area contributed by atoms with Crippen molar-refractivity contribution in [3.8, 4) is 5.75 Å². The van der Waals surface area contributed by atoms with Gasteiger partial charge in [0.1, 0.15) is 11.3 Å². The molecule has 9 nitrogen and oxygen atoms in total. The number of carbonyl (C=O) groups excluding carboxylic acids is 3. The third-order valence-corrected chi connectivity index (χ3v) is 3.24. The first-order valence-corrected chi connectivity index (χ1v) is 7.31. The number of hydrogen-bond donors (Lipinski definition) is 1. The van der Waals surface area contributed by atoms with Crippen molar-refractivity contribution < 1.29 is 28.8 Å². The fourth-order valence-corrected chi connectivity index (χ4v) is 2.00. The van der Waals surface area contributed by atoms with Crippen LogP contribution in [0.2, 0.25) is 0 Å². The van der Waals surface area contributed by atoms with Crippen molar-refractivity contribution in [2.24, 2.45) is 0 Å². The smallest absolute Gasteiger partial charge is 0.342 e. The molecule has 0 fully saturated rings. The number of hydrogen-bond acceptors (Lipinski definition) is 7. The quantitative estimate of drug-likeness (QED) is 0.473. The lowest BCUT2D eigenvalue weighted by atomic mass is 10.2. The van der Waals surface area contributed by atoms with Crippen LogP contribution >= 0.6 is 0 Å². The normalized spacial score (nSPS) is 9.88. The zero-order valence-corrected chi connectivity index (χ0v) is 13.6. The van der Waals surface area contributed by atoms with Crippen LogP contribution in [0.4, 0.5) is 5.69 Å². The highest BCUT2D eigenvalue weighted by molar-refractivity contribution is 6.05. The third kappa shape index (κ3) is 4.63. The molecule has 9 heteroatoms. The monoisotopic (exact) mass is 358 g/mol. The van der Waals surface area contributed by atoms with E-state index in [2.05, 4.69) is 5.32 Å². The van der Waals surface area contributed by atoms with E-state index >= 15 is 0 Å². The van der Waals surface area contributed by atoms with Crippen LogP contribution in [0.1, 0.15) is 20.7 Å². The second kappa shape index (κ2) is 8.38. The molecule has 26 heavy (non-hydrogen) atoms. The number of rotatable bonds is 6. The van der Waals surface area contributed by atoms with Gasteiger partial charge < -0.3 is 9.47 Å². The van der Waals surface area contributed by atoms with E-state index < -0.39 is 29.3 Å². The molecule has 0 aliphatic rings. The number of benzene rings is 2. The number of esters is 1. The molecule has 0 aromatic heterocycles. The minimum absolute atomic E-state index is 0.0568. The van der Waals surface area contributed by atoms with E-state index in [1.807, 2.05) is 0 Å².